The number of hydrogen-bond donors (Lipinski definition) is 1. The van der Waals surface area contributed by atoms with Crippen molar-refractivity contribution in [1.29, 1.82) is 5.26 Å². The molecule has 1 aliphatic heterocycles. The number of carbonyl (C=O) groups excluding carboxylic acids is 1. The molecular formula is C25H25N3O4. The average Bonchev–Trinajstić information content (AvgIpc) is 2.83. The van der Waals surface area contributed by atoms with E-state index in [4.69, 9.17) is 19.9 Å². The molecule has 0 saturated carbocycles. The summed E-state index contributed by atoms with van der Waals surface area (Å²) in [6.45, 7) is 0. The molecule has 4 rings (SSSR count). The maximum atomic E-state index is 13.2. The van der Waals surface area contributed by atoms with Gasteiger partial charge in [0.2, 0.25) is 5.75 Å². The first-order chi connectivity index (χ1) is 15.5. The van der Waals surface area contributed by atoms with Gasteiger partial charge in [0.25, 0.3) is 0 Å². The van der Waals surface area contributed by atoms with Gasteiger partial charge in [-0.3, -0.25) is 9.69 Å². The molecule has 0 saturated heterocycles. The molecule has 0 bridgehead atoms. The maximum absolute atomic E-state index is 13.2. The van der Waals surface area contributed by atoms with Gasteiger partial charge < -0.3 is 19.9 Å². The Morgan fingerprint density at radius 1 is 1.03 bits per heavy atom. The van der Waals surface area contributed by atoms with Gasteiger partial charge in [-0.2, -0.15) is 5.26 Å². The topological polar surface area (TPSA) is 97.8 Å². The Balaban J connectivity index is 1.98. The number of rotatable bonds is 5. The molecule has 0 radical (unpaired) electrons. The number of nitriles is 1. The van der Waals surface area contributed by atoms with Crippen LogP contribution in [0.15, 0.2) is 65.1 Å². The van der Waals surface area contributed by atoms with Gasteiger partial charge in [0.1, 0.15) is 5.82 Å². The van der Waals surface area contributed by atoms with E-state index in [2.05, 4.69) is 6.07 Å². The van der Waals surface area contributed by atoms with Crippen LogP contribution in [0.5, 0.6) is 17.2 Å². The first-order valence-electron chi connectivity index (χ1n) is 10.4. The average molecular weight is 431 g/mol. The number of allylic oxidation sites excluding steroid dienone is 3. The van der Waals surface area contributed by atoms with Crippen molar-refractivity contribution in [3.05, 3.63) is 70.7 Å². The summed E-state index contributed by atoms with van der Waals surface area (Å²) in [5, 5.41) is 10.1. The molecule has 2 N–H and O–H groups in total. The summed E-state index contributed by atoms with van der Waals surface area (Å²) in [7, 11) is 4.61. The van der Waals surface area contributed by atoms with Gasteiger partial charge in [-0.05, 0) is 18.4 Å². The number of Topliss-reactive ketones (excluding diaryl/α,β-unsaturated/α-hetero) is 1. The van der Waals surface area contributed by atoms with E-state index in [9.17, 15) is 10.1 Å². The summed E-state index contributed by atoms with van der Waals surface area (Å²) in [6.07, 6.45) is 1.83. The Hall–Kier alpha value is -3.92. The van der Waals surface area contributed by atoms with Gasteiger partial charge in [0, 0.05) is 29.8 Å². The number of carbonyl (C=O) groups is 1. The van der Waals surface area contributed by atoms with Crippen LogP contribution in [0.2, 0.25) is 0 Å². The van der Waals surface area contributed by atoms with Crippen LogP contribution in [0.3, 0.4) is 0 Å². The van der Waals surface area contributed by atoms with Gasteiger partial charge in [0.15, 0.2) is 17.3 Å². The fourth-order valence-electron chi connectivity index (χ4n) is 4.56. The smallest absolute Gasteiger partial charge is 0.203 e. The van der Waals surface area contributed by atoms with Crippen LogP contribution < -0.4 is 24.8 Å². The minimum absolute atomic E-state index is 0.0396. The SMILES string of the molecule is COc1cc(N2C(N)=C(C#N)C(c3ccccc3)C3=C2CCCC3=O)cc(OC)c1OC. The number of anilines is 1. The molecule has 164 valence electrons. The molecule has 7 nitrogen and oxygen atoms in total. The predicted octanol–water partition coefficient (Wildman–Crippen LogP) is 4.02. The van der Waals surface area contributed by atoms with Crippen LogP contribution in [-0.2, 0) is 4.79 Å². The summed E-state index contributed by atoms with van der Waals surface area (Å²) < 4.78 is 16.5. The largest absolute Gasteiger partial charge is 0.493 e. The van der Waals surface area contributed by atoms with Gasteiger partial charge in [-0.1, -0.05) is 30.3 Å². The third kappa shape index (κ3) is 3.34. The Morgan fingerprint density at radius 3 is 2.25 bits per heavy atom. The van der Waals surface area contributed by atoms with Crippen LogP contribution in [0.25, 0.3) is 0 Å². The second-order valence-corrected chi connectivity index (χ2v) is 7.61. The van der Waals surface area contributed by atoms with Crippen LogP contribution >= 0.6 is 0 Å². The molecule has 32 heavy (non-hydrogen) atoms. The standard InChI is InChI=1S/C25H25N3O4/c1-30-20-12-16(13-21(31-2)24(20)32-3)28-18-10-7-11-19(29)23(18)22(17(14-26)25(28)27)15-8-5-4-6-9-15/h4-6,8-9,12-13,22H,7,10-11,27H2,1-3H3. The van der Waals surface area contributed by atoms with Crippen LogP contribution in [0.1, 0.15) is 30.7 Å². The molecule has 2 aromatic rings. The minimum Gasteiger partial charge on any atom is -0.493 e. The quantitative estimate of drug-likeness (QED) is 0.764. The summed E-state index contributed by atoms with van der Waals surface area (Å²) in [5.74, 6) is 1.23. The van der Waals surface area contributed by atoms with E-state index in [-0.39, 0.29) is 5.78 Å². The lowest BCUT2D eigenvalue weighted by molar-refractivity contribution is -0.116. The van der Waals surface area contributed by atoms with E-state index in [0.29, 0.717) is 52.7 Å². The van der Waals surface area contributed by atoms with Gasteiger partial charge in [0.05, 0.1) is 44.6 Å². The number of nitrogens with two attached hydrogens (primary N) is 1. The first kappa shape index (κ1) is 21.3. The van der Waals surface area contributed by atoms with Crippen molar-refractivity contribution in [3.63, 3.8) is 0 Å². The first-order valence-corrected chi connectivity index (χ1v) is 10.4. The van der Waals surface area contributed by atoms with E-state index < -0.39 is 5.92 Å². The van der Waals surface area contributed by atoms with Crippen LogP contribution in [0, 0.1) is 11.3 Å². The number of ether oxygens (including phenoxy) is 3. The number of nitrogens with zero attached hydrogens (tertiary/aromatic N) is 2. The number of methoxy groups -OCH3 is 3. The fourth-order valence-corrected chi connectivity index (χ4v) is 4.56. The number of hydrogen-bond acceptors (Lipinski definition) is 7. The van der Waals surface area contributed by atoms with Crippen molar-refractivity contribution < 1.29 is 19.0 Å². The van der Waals surface area contributed by atoms with Crippen LogP contribution in [-0.4, -0.2) is 27.1 Å². The lowest BCUT2D eigenvalue weighted by Gasteiger charge is -2.39. The molecule has 7 heteroatoms. The highest BCUT2D eigenvalue weighted by Gasteiger charge is 2.40. The van der Waals surface area contributed by atoms with Crippen molar-refractivity contribution in [2.75, 3.05) is 26.2 Å². The zero-order valence-electron chi connectivity index (χ0n) is 18.3. The Bertz CT molecular complexity index is 1140. The number of ketones is 1. The summed E-state index contributed by atoms with van der Waals surface area (Å²) in [6, 6.07) is 15.4. The molecule has 0 aromatic heterocycles. The normalized spacial score (nSPS) is 18.2. The molecule has 1 heterocycles. The highest BCUT2D eigenvalue weighted by molar-refractivity contribution is 6.01. The molecular weight excluding hydrogens is 406 g/mol. The molecule has 1 aliphatic carbocycles. The lowest BCUT2D eigenvalue weighted by atomic mass is 9.75. The van der Waals surface area contributed by atoms with Crippen molar-refractivity contribution in [1.82, 2.24) is 0 Å². The lowest BCUT2D eigenvalue weighted by Crippen LogP contribution is -2.38. The van der Waals surface area contributed by atoms with E-state index in [1.807, 2.05) is 30.3 Å². The van der Waals surface area contributed by atoms with Crippen molar-refractivity contribution >= 4 is 11.5 Å². The van der Waals surface area contributed by atoms with Crippen molar-refractivity contribution in [3.8, 4) is 23.3 Å². The molecule has 0 spiro atoms. The van der Waals surface area contributed by atoms with Gasteiger partial charge in [-0.25, -0.2) is 0 Å². The molecule has 1 atom stereocenters. The van der Waals surface area contributed by atoms with E-state index in [1.54, 1.807) is 17.0 Å². The summed E-state index contributed by atoms with van der Waals surface area (Å²) >= 11 is 0. The minimum atomic E-state index is -0.484. The van der Waals surface area contributed by atoms with Crippen molar-refractivity contribution in [2.45, 2.75) is 25.2 Å². The van der Waals surface area contributed by atoms with E-state index in [0.717, 1.165) is 17.7 Å². The number of benzene rings is 2. The second kappa shape index (κ2) is 8.67. The zero-order chi connectivity index (χ0) is 22.8. The summed E-state index contributed by atoms with van der Waals surface area (Å²) in [5.41, 5.74) is 9.92. The predicted molar refractivity (Wildman–Crippen MR) is 120 cm³/mol. The molecule has 2 aromatic carbocycles. The van der Waals surface area contributed by atoms with Gasteiger partial charge >= 0.3 is 0 Å². The zero-order valence-corrected chi connectivity index (χ0v) is 18.3. The molecule has 0 fully saturated rings. The van der Waals surface area contributed by atoms with Crippen LogP contribution in [0.4, 0.5) is 5.69 Å². The maximum Gasteiger partial charge on any atom is 0.203 e. The van der Waals surface area contributed by atoms with E-state index in [1.165, 1.54) is 21.3 Å². The summed E-state index contributed by atoms with van der Waals surface area (Å²) in [4.78, 5) is 15.0. The molecule has 1 unspecified atom stereocenters. The van der Waals surface area contributed by atoms with Gasteiger partial charge in [-0.15, -0.1) is 0 Å². The Kier molecular flexibility index (Phi) is 5.78. The Morgan fingerprint density at radius 2 is 1.69 bits per heavy atom. The third-order valence-corrected chi connectivity index (χ3v) is 5.95. The fraction of sp³-hybridized carbons (Fsp3) is 0.280. The van der Waals surface area contributed by atoms with Crippen molar-refractivity contribution in [2.24, 2.45) is 5.73 Å². The Labute approximate surface area is 187 Å². The molecule has 2 aliphatic rings. The van der Waals surface area contributed by atoms with E-state index >= 15 is 0 Å². The molecule has 0 amide bonds. The highest BCUT2D eigenvalue weighted by atomic mass is 16.5. The highest BCUT2D eigenvalue weighted by Crippen LogP contribution is 2.49. The second-order valence-electron chi connectivity index (χ2n) is 7.61. The third-order valence-electron chi connectivity index (χ3n) is 5.95. The monoisotopic (exact) mass is 431 g/mol.